The Morgan fingerprint density at radius 1 is 1.12 bits per heavy atom. The molecule has 2 heterocycles. The Kier molecular flexibility index (Phi) is 6.12. The number of rotatable bonds is 5. The molecule has 1 aliphatic heterocycles. The molecule has 0 aliphatic carbocycles. The van der Waals surface area contributed by atoms with Crippen molar-refractivity contribution in [2.75, 3.05) is 18.4 Å². The number of piperidine rings is 1. The highest BCUT2D eigenvalue weighted by molar-refractivity contribution is 7.89. The van der Waals surface area contributed by atoms with Crippen molar-refractivity contribution in [1.82, 2.24) is 14.1 Å². The minimum atomic E-state index is -3.80. The fraction of sp³-hybridized carbons (Fsp3) is 0.304. The van der Waals surface area contributed by atoms with E-state index in [1.165, 1.54) is 16.4 Å². The average Bonchev–Trinajstić information content (AvgIpc) is 3.12. The molecule has 4 rings (SSSR count). The van der Waals surface area contributed by atoms with Crippen molar-refractivity contribution < 1.29 is 17.6 Å². The Bertz CT molecular complexity index is 1240. The van der Waals surface area contributed by atoms with Gasteiger partial charge >= 0.3 is 0 Å². The molecule has 9 heteroatoms. The van der Waals surface area contributed by atoms with E-state index in [0.717, 1.165) is 29.2 Å². The summed E-state index contributed by atoms with van der Waals surface area (Å²) in [5, 5.41) is 7.46. The highest BCUT2D eigenvalue weighted by Crippen LogP contribution is 2.27. The molecule has 0 bridgehead atoms. The third-order valence-corrected chi connectivity index (χ3v) is 7.49. The SMILES string of the molecule is Cc1cc(C)n(-c2ccccc2NC(=O)C2CCCN(S(=O)(=O)c3ccc(F)cc3)C2)n1. The van der Waals surface area contributed by atoms with Crippen LogP contribution in [-0.2, 0) is 14.8 Å². The van der Waals surface area contributed by atoms with Crippen molar-refractivity contribution in [2.24, 2.45) is 5.92 Å². The number of carbonyl (C=O) groups is 1. The summed E-state index contributed by atoms with van der Waals surface area (Å²) in [4.78, 5) is 13.1. The maximum Gasteiger partial charge on any atom is 0.243 e. The minimum Gasteiger partial charge on any atom is -0.324 e. The van der Waals surface area contributed by atoms with Gasteiger partial charge in [0.05, 0.1) is 27.9 Å². The Morgan fingerprint density at radius 3 is 2.53 bits per heavy atom. The molecule has 7 nitrogen and oxygen atoms in total. The fourth-order valence-electron chi connectivity index (χ4n) is 4.00. The van der Waals surface area contributed by atoms with Crippen LogP contribution in [0.2, 0.25) is 0 Å². The van der Waals surface area contributed by atoms with Crippen LogP contribution in [0.25, 0.3) is 5.69 Å². The summed E-state index contributed by atoms with van der Waals surface area (Å²) in [7, 11) is -3.80. The van der Waals surface area contributed by atoms with Crippen molar-refractivity contribution in [3.05, 3.63) is 71.8 Å². The first-order valence-electron chi connectivity index (χ1n) is 10.4. The molecular weight excluding hydrogens is 431 g/mol. The van der Waals surface area contributed by atoms with E-state index in [2.05, 4.69) is 10.4 Å². The number of hydrogen-bond donors (Lipinski definition) is 1. The summed E-state index contributed by atoms with van der Waals surface area (Å²) in [6.45, 7) is 4.25. The standard InChI is InChI=1S/C23H25FN4O3S/c1-16-14-17(2)28(26-16)22-8-4-3-7-21(22)25-23(29)18-6-5-13-27(15-18)32(30,31)20-11-9-19(24)10-12-20/h3-4,7-12,14,18H,5-6,13,15H2,1-2H3,(H,25,29). The van der Waals surface area contributed by atoms with Gasteiger partial charge in [0.1, 0.15) is 5.82 Å². The van der Waals surface area contributed by atoms with Gasteiger partial charge in [-0.2, -0.15) is 9.40 Å². The molecule has 1 aromatic heterocycles. The number of aryl methyl sites for hydroxylation is 2. The highest BCUT2D eigenvalue weighted by Gasteiger charge is 2.33. The van der Waals surface area contributed by atoms with Gasteiger partial charge in [-0.1, -0.05) is 12.1 Å². The molecule has 1 unspecified atom stereocenters. The summed E-state index contributed by atoms with van der Waals surface area (Å²) in [5.74, 6) is -1.23. The quantitative estimate of drug-likeness (QED) is 0.635. The van der Waals surface area contributed by atoms with Crippen LogP contribution in [0.3, 0.4) is 0 Å². The number of para-hydroxylation sites is 2. The lowest BCUT2D eigenvalue weighted by Crippen LogP contribution is -2.43. The van der Waals surface area contributed by atoms with E-state index < -0.39 is 21.8 Å². The van der Waals surface area contributed by atoms with E-state index in [0.29, 0.717) is 25.1 Å². The first kappa shape index (κ1) is 22.2. The lowest BCUT2D eigenvalue weighted by Gasteiger charge is -2.31. The zero-order valence-electron chi connectivity index (χ0n) is 18.0. The van der Waals surface area contributed by atoms with Crippen molar-refractivity contribution in [2.45, 2.75) is 31.6 Å². The van der Waals surface area contributed by atoms with E-state index in [4.69, 9.17) is 0 Å². The Hall–Kier alpha value is -3.04. The molecule has 1 fully saturated rings. The average molecular weight is 457 g/mol. The lowest BCUT2D eigenvalue weighted by atomic mass is 9.98. The monoisotopic (exact) mass is 456 g/mol. The van der Waals surface area contributed by atoms with E-state index in [-0.39, 0.29) is 17.3 Å². The predicted molar refractivity (Wildman–Crippen MR) is 120 cm³/mol. The molecule has 1 aliphatic rings. The fourth-order valence-corrected chi connectivity index (χ4v) is 5.53. The highest BCUT2D eigenvalue weighted by atomic mass is 32.2. The van der Waals surface area contributed by atoms with Gasteiger partial charge in [-0.25, -0.2) is 17.5 Å². The predicted octanol–water partition coefficient (Wildman–Crippen LogP) is 3.67. The van der Waals surface area contributed by atoms with Gasteiger partial charge in [0.25, 0.3) is 0 Å². The second-order valence-electron chi connectivity index (χ2n) is 8.00. The number of nitrogens with one attached hydrogen (secondary N) is 1. The zero-order valence-corrected chi connectivity index (χ0v) is 18.8. The summed E-state index contributed by atoms with van der Waals surface area (Å²) >= 11 is 0. The Labute approximate surface area is 186 Å². The molecule has 32 heavy (non-hydrogen) atoms. The Balaban J connectivity index is 1.53. The summed E-state index contributed by atoms with van der Waals surface area (Å²) in [5.41, 5.74) is 3.18. The van der Waals surface area contributed by atoms with Gasteiger partial charge in [-0.05, 0) is 69.2 Å². The molecular formula is C23H25FN4O3S. The summed E-state index contributed by atoms with van der Waals surface area (Å²) in [6.07, 6.45) is 1.15. The molecule has 168 valence electrons. The molecule has 1 atom stereocenters. The number of hydrogen-bond acceptors (Lipinski definition) is 4. The number of halogens is 1. The largest absolute Gasteiger partial charge is 0.324 e. The molecule has 1 amide bonds. The van der Waals surface area contributed by atoms with Crippen LogP contribution in [-0.4, -0.2) is 41.5 Å². The molecule has 1 saturated heterocycles. The Morgan fingerprint density at radius 2 is 1.84 bits per heavy atom. The van der Waals surface area contributed by atoms with E-state index in [1.807, 2.05) is 38.1 Å². The minimum absolute atomic E-state index is 0.0230. The molecule has 1 N–H and O–H groups in total. The lowest BCUT2D eigenvalue weighted by molar-refractivity contribution is -0.120. The topological polar surface area (TPSA) is 84.3 Å². The van der Waals surface area contributed by atoms with E-state index >= 15 is 0 Å². The number of nitrogens with zero attached hydrogens (tertiary/aromatic N) is 3. The number of benzene rings is 2. The van der Waals surface area contributed by atoms with Crippen LogP contribution >= 0.6 is 0 Å². The van der Waals surface area contributed by atoms with Crippen LogP contribution in [0.15, 0.2) is 59.5 Å². The molecule has 3 aromatic rings. The van der Waals surface area contributed by atoms with Crippen molar-refractivity contribution in [3.8, 4) is 5.69 Å². The van der Waals surface area contributed by atoms with Crippen LogP contribution in [0.1, 0.15) is 24.2 Å². The zero-order chi connectivity index (χ0) is 22.9. The van der Waals surface area contributed by atoms with Gasteiger partial charge in [0.15, 0.2) is 0 Å². The van der Waals surface area contributed by atoms with Gasteiger partial charge in [-0.15, -0.1) is 0 Å². The first-order chi connectivity index (χ1) is 15.3. The number of carbonyl (C=O) groups excluding carboxylic acids is 1. The molecule has 2 aromatic carbocycles. The second-order valence-corrected chi connectivity index (χ2v) is 9.94. The normalized spacial score (nSPS) is 17.3. The van der Waals surface area contributed by atoms with E-state index in [9.17, 15) is 17.6 Å². The third-order valence-electron chi connectivity index (χ3n) is 5.61. The van der Waals surface area contributed by atoms with Crippen molar-refractivity contribution in [3.63, 3.8) is 0 Å². The number of amides is 1. The third kappa shape index (κ3) is 4.44. The van der Waals surface area contributed by atoms with Crippen LogP contribution in [0, 0.1) is 25.6 Å². The van der Waals surface area contributed by atoms with Gasteiger partial charge < -0.3 is 5.32 Å². The number of aromatic nitrogens is 2. The van der Waals surface area contributed by atoms with Crippen LogP contribution in [0.4, 0.5) is 10.1 Å². The van der Waals surface area contributed by atoms with Gasteiger partial charge in [-0.3, -0.25) is 4.79 Å². The van der Waals surface area contributed by atoms with Crippen molar-refractivity contribution >= 4 is 21.6 Å². The second kappa shape index (κ2) is 8.84. The number of anilines is 1. The van der Waals surface area contributed by atoms with Crippen LogP contribution in [0.5, 0.6) is 0 Å². The first-order valence-corrected chi connectivity index (χ1v) is 11.9. The molecule has 0 radical (unpaired) electrons. The van der Waals surface area contributed by atoms with Crippen molar-refractivity contribution in [1.29, 1.82) is 0 Å². The smallest absolute Gasteiger partial charge is 0.243 e. The van der Waals surface area contributed by atoms with Gasteiger partial charge in [0.2, 0.25) is 15.9 Å². The van der Waals surface area contributed by atoms with Gasteiger partial charge in [0, 0.05) is 18.8 Å². The maximum atomic E-state index is 13.2. The summed E-state index contributed by atoms with van der Waals surface area (Å²) < 4.78 is 42.2. The van der Waals surface area contributed by atoms with E-state index in [1.54, 1.807) is 10.7 Å². The molecule has 0 spiro atoms. The van der Waals surface area contributed by atoms with Crippen LogP contribution < -0.4 is 5.32 Å². The summed E-state index contributed by atoms with van der Waals surface area (Å²) in [6, 6.07) is 14.1. The molecule has 0 saturated carbocycles. The maximum absolute atomic E-state index is 13.2. The number of sulfonamides is 1.